The molecule has 1 fully saturated rings. The Hall–Kier alpha value is -3.80. The normalized spacial score (nSPS) is 17.8. The van der Waals surface area contributed by atoms with Crippen LogP contribution in [0.3, 0.4) is 0 Å². The smallest absolute Gasteiger partial charge is 0.319 e. The van der Waals surface area contributed by atoms with Crippen LogP contribution in [-0.4, -0.2) is 35.8 Å². The average molecular weight is 440 g/mol. The quantitative estimate of drug-likeness (QED) is 0.698. The Balaban J connectivity index is 1.86. The fourth-order valence-corrected chi connectivity index (χ4v) is 3.52. The van der Waals surface area contributed by atoms with Gasteiger partial charge < -0.3 is 10.2 Å². The summed E-state index contributed by atoms with van der Waals surface area (Å²) in [5.74, 6) is -3.55. The maximum atomic E-state index is 13.7. The summed E-state index contributed by atoms with van der Waals surface area (Å²) in [5.41, 5.74) is 0.920. The monoisotopic (exact) mass is 440 g/mol. The highest BCUT2D eigenvalue weighted by Crippen LogP contribution is 2.30. The lowest BCUT2D eigenvalue weighted by Gasteiger charge is -2.25. The van der Waals surface area contributed by atoms with E-state index in [1.807, 2.05) is 26.0 Å². The van der Waals surface area contributed by atoms with Crippen molar-refractivity contribution < 1.29 is 23.2 Å². The lowest BCUT2D eigenvalue weighted by atomic mass is 9.92. The van der Waals surface area contributed by atoms with Crippen molar-refractivity contribution in [2.45, 2.75) is 32.7 Å². The minimum absolute atomic E-state index is 0.0557. The van der Waals surface area contributed by atoms with Crippen LogP contribution in [0.5, 0.6) is 0 Å². The number of carbonyl (C=O) groups excluding carboxylic acids is 3. The lowest BCUT2D eigenvalue weighted by Crippen LogP contribution is -2.45. The van der Waals surface area contributed by atoms with Crippen molar-refractivity contribution in [3.63, 3.8) is 0 Å². The van der Waals surface area contributed by atoms with Crippen molar-refractivity contribution in [1.82, 2.24) is 10.2 Å². The minimum Gasteiger partial charge on any atom is -0.319 e. The zero-order chi connectivity index (χ0) is 23.6. The van der Waals surface area contributed by atoms with Crippen LogP contribution in [0.25, 0.3) is 0 Å². The molecule has 0 bridgehead atoms. The largest absolute Gasteiger partial charge is 0.325 e. The first-order chi connectivity index (χ1) is 15.1. The molecule has 2 aromatic rings. The molecule has 0 radical (unpaired) electrons. The zero-order valence-corrected chi connectivity index (χ0v) is 17.9. The Labute approximate surface area is 184 Å². The van der Waals surface area contributed by atoms with Gasteiger partial charge in [-0.25, -0.2) is 13.6 Å². The first-order valence-electron chi connectivity index (χ1n) is 9.92. The van der Waals surface area contributed by atoms with Gasteiger partial charge in [-0.15, -0.1) is 0 Å². The van der Waals surface area contributed by atoms with Crippen LogP contribution in [0.2, 0.25) is 0 Å². The number of carbonyl (C=O) groups is 3. The van der Waals surface area contributed by atoms with Crippen LogP contribution >= 0.6 is 0 Å². The number of nitrogens with one attached hydrogen (secondary N) is 1. The standard InChI is InChI=1S/C23H22F2N4O3/c1-14-5-7-17(11-15(14)2)28(10-4-9-26)20(30)13-29-21(31)23(3,27-22(29)32)16-6-8-18(24)19(25)12-16/h5-8,11-12H,4,10,13H2,1-3H3,(H,27,32). The number of hydrogen-bond acceptors (Lipinski definition) is 4. The van der Waals surface area contributed by atoms with Gasteiger partial charge in [-0.05, 0) is 61.7 Å². The summed E-state index contributed by atoms with van der Waals surface area (Å²) in [5, 5.41) is 11.4. The molecule has 0 aliphatic carbocycles. The fraction of sp³-hybridized carbons (Fsp3) is 0.304. The summed E-state index contributed by atoms with van der Waals surface area (Å²) in [6.45, 7) is 4.69. The molecular weight excluding hydrogens is 418 g/mol. The Morgan fingerprint density at radius 3 is 2.47 bits per heavy atom. The average Bonchev–Trinajstić information content (AvgIpc) is 2.96. The van der Waals surface area contributed by atoms with Gasteiger partial charge >= 0.3 is 6.03 Å². The number of aryl methyl sites for hydroxylation is 2. The number of nitriles is 1. The van der Waals surface area contributed by atoms with Gasteiger partial charge in [-0.3, -0.25) is 14.5 Å². The molecule has 3 rings (SSSR count). The number of halogens is 2. The maximum absolute atomic E-state index is 13.7. The number of imide groups is 1. The molecule has 1 aliphatic rings. The van der Waals surface area contributed by atoms with E-state index in [0.29, 0.717) is 5.69 Å². The Morgan fingerprint density at radius 1 is 1.12 bits per heavy atom. The Bertz CT molecular complexity index is 1140. The Morgan fingerprint density at radius 2 is 1.84 bits per heavy atom. The molecule has 0 saturated carbocycles. The highest BCUT2D eigenvalue weighted by Gasteiger charge is 2.50. The van der Waals surface area contributed by atoms with Gasteiger partial charge in [0.05, 0.1) is 12.5 Å². The van der Waals surface area contributed by atoms with Crippen molar-refractivity contribution in [3.8, 4) is 6.07 Å². The molecule has 9 heteroatoms. The van der Waals surface area contributed by atoms with Gasteiger partial charge in [0.1, 0.15) is 12.1 Å². The number of hydrogen-bond donors (Lipinski definition) is 1. The molecule has 1 saturated heterocycles. The van der Waals surface area contributed by atoms with Crippen LogP contribution in [0.15, 0.2) is 36.4 Å². The predicted octanol–water partition coefficient (Wildman–Crippen LogP) is 3.30. The highest BCUT2D eigenvalue weighted by molar-refractivity contribution is 6.10. The summed E-state index contributed by atoms with van der Waals surface area (Å²) in [6.07, 6.45) is 0.0609. The van der Waals surface area contributed by atoms with Crippen LogP contribution in [0.4, 0.5) is 19.3 Å². The van der Waals surface area contributed by atoms with E-state index in [4.69, 9.17) is 5.26 Å². The van der Waals surface area contributed by atoms with E-state index in [9.17, 15) is 23.2 Å². The van der Waals surface area contributed by atoms with Crippen molar-refractivity contribution in [3.05, 3.63) is 64.7 Å². The Kier molecular flexibility index (Phi) is 6.25. The third-order valence-corrected chi connectivity index (χ3v) is 5.62. The predicted molar refractivity (Wildman–Crippen MR) is 112 cm³/mol. The third-order valence-electron chi connectivity index (χ3n) is 5.62. The topological polar surface area (TPSA) is 93.5 Å². The van der Waals surface area contributed by atoms with Gasteiger partial charge in [0.15, 0.2) is 11.6 Å². The van der Waals surface area contributed by atoms with Crippen LogP contribution in [0, 0.1) is 36.8 Å². The molecule has 7 nitrogen and oxygen atoms in total. The number of rotatable bonds is 6. The summed E-state index contributed by atoms with van der Waals surface area (Å²) in [7, 11) is 0. The van der Waals surface area contributed by atoms with E-state index in [1.165, 1.54) is 17.9 Å². The molecule has 1 unspecified atom stereocenters. The molecule has 2 aromatic carbocycles. The molecule has 1 heterocycles. The maximum Gasteiger partial charge on any atom is 0.325 e. The minimum atomic E-state index is -1.65. The van der Waals surface area contributed by atoms with Gasteiger partial charge in [-0.2, -0.15) is 5.26 Å². The summed E-state index contributed by atoms with van der Waals surface area (Å²) < 4.78 is 27.0. The second-order valence-electron chi connectivity index (χ2n) is 7.80. The molecule has 32 heavy (non-hydrogen) atoms. The van der Waals surface area contributed by atoms with Crippen molar-refractivity contribution in [1.29, 1.82) is 5.26 Å². The first kappa shape index (κ1) is 22.9. The number of amides is 4. The van der Waals surface area contributed by atoms with E-state index in [0.717, 1.165) is 28.2 Å². The SMILES string of the molecule is Cc1ccc(N(CCC#N)C(=O)CN2C(=O)NC(C)(c3ccc(F)c(F)c3)C2=O)cc1C. The summed E-state index contributed by atoms with van der Waals surface area (Å²) in [6, 6.07) is 9.44. The first-order valence-corrected chi connectivity index (χ1v) is 9.92. The van der Waals surface area contributed by atoms with Gasteiger partial charge in [0.2, 0.25) is 5.91 Å². The second kappa shape index (κ2) is 8.75. The van der Waals surface area contributed by atoms with E-state index in [1.54, 1.807) is 12.1 Å². The number of urea groups is 1. The fourth-order valence-electron chi connectivity index (χ4n) is 3.52. The molecule has 166 valence electrons. The van der Waals surface area contributed by atoms with Crippen LogP contribution < -0.4 is 10.2 Å². The summed E-state index contributed by atoms with van der Waals surface area (Å²) >= 11 is 0. The van der Waals surface area contributed by atoms with Crippen LogP contribution in [-0.2, 0) is 15.1 Å². The molecule has 1 aliphatic heterocycles. The zero-order valence-electron chi connectivity index (χ0n) is 17.9. The van der Waals surface area contributed by atoms with Gasteiger partial charge in [-0.1, -0.05) is 12.1 Å². The number of anilines is 1. The van der Waals surface area contributed by atoms with Crippen LogP contribution in [0.1, 0.15) is 30.0 Å². The third kappa shape index (κ3) is 4.17. The molecule has 0 spiro atoms. The lowest BCUT2D eigenvalue weighted by molar-refractivity contribution is -0.134. The molecule has 4 amide bonds. The highest BCUT2D eigenvalue weighted by atomic mass is 19.2. The van der Waals surface area contributed by atoms with Gasteiger partial charge in [0.25, 0.3) is 5.91 Å². The molecule has 1 atom stereocenters. The number of nitrogens with zero attached hydrogens (tertiary/aromatic N) is 3. The van der Waals surface area contributed by atoms with E-state index in [-0.39, 0.29) is 18.5 Å². The van der Waals surface area contributed by atoms with E-state index in [2.05, 4.69) is 5.32 Å². The second-order valence-corrected chi connectivity index (χ2v) is 7.80. The molecular formula is C23H22F2N4O3. The molecule has 0 aromatic heterocycles. The van der Waals surface area contributed by atoms with Crippen molar-refractivity contribution in [2.24, 2.45) is 0 Å². The summed E-state index contributed by atoms with van der Waals surface area (Å²) in [4.78, 5) is 40.7. The van der Waals surface area contributed by atoms with Crippen molar-refractivity contribution in [2.75, 3.05) is 18.0 Å². The van der Waals surface area contributed by atoms with E-state index >= 15 is 0 Å². The van der Waals surface area contributed by atoms with Gasteiger partial charge in [0, 0.05) is 12.2 Å². The molecule has 1 N–H and O–H groups in total. The van der Waals surface area contributed by atoms with E-state index < -0.39 is 41.6 Å². The van der Waals surface area contributed by atoms with Crippen molar-refractivity contribution >= 4 is 23.5 Å². The number of benzene rings is 2.